The van der Waals surface area contributed by atoms with Gasteiger partial charge >= 0.3 is 0 Å². The van der Waals surface area contributed by atoms with Crippen LogP contribution in [0, 0.1) is 0 Å². The fraction of sp³-hybridized carbons (Fsp3) is 0.267. The van der Waals surface area contributed by atoms with Gasteiger partial charge in [-0.15, -0.1) is 0 Å². The molecule has 0 amide bonds. The monoisotopic (exact) mass is 297 g/mol. The van der Waals surface area contributed by atoms with Gasteiger partial charge in [0.15, 0.2) is 23.6 Å². The number of nitrogen functional groups attached to an aromatic ring is 1. The Balaban J connectivity index is 1.84. The lowest BCUT2D eigenvalue weighted by Gasteiger charge is -2.27. The smallest absolute Gasteiger partial charge is 0.252 e. The van der Waals surface area contributed by atoms with Gasteiger partial charge in [0.1, 0.15) is 0 Å². The molecule has 7 heteroatoms. The predicted octanol–water partition coefficient (Wildman–Crippen LogP) is 1.70. The van der Waals surface area contributed by atoms with Gasteiger partial charge in [-0.05, 0) is 24.3 Å². The van der Waals surface area contributed by atoms with E-state index in [1.54, 1.807) is 0 Å². The van der Waals surface area contributed by atoms with E-state index in [9.17, 15) is 0 Å². The fourth-order valence-corrected chi connectivity index (χ4v) is 2.50. The minimum absolute atomic E-state index is 0.489. The number of ether oxygens (including phenoxy) is 1. The molecule has 2 N–H and O–H groups in total. The van der Waals surface area contributed by atoms with Crippen molar-refractivity contribution in [2.45, 2.75) is 0 Å². The van der Waals surface area contributed by atoms with Gasteiger partial charge in [0.05, 0.1) is 13.2 Å². The van der Waals surface area contributed by atoms with Gasteiger partial charge in [-0.3, -0.25) is 0 Å². The molecule has 1 aliphatic rings. The Morgan fingerprint density at radius 2 is 1.82 bits per heavy atom. The van der Waals surface area contributed by atoms with Crippen molar-refractivity contribution in [2.24, 2.45) is 0 Å². The molecule has 3 heterocycles. The first-order valence-electron chi connectivity index (χ1n) is 7.11. The zero-order valence-corrected chi connectivity index (χ0v) is 11.9. The van der Waals surface area contributed by atoms with Crippen LogP contribution in [0.3, 0.4) is 0 Å². The van der Waals surface area contributed by atoms with Crippen LogP contribution in [0.25, 0.3) is 22.6 Å². The molecule has 0 aliphatic carbocycles. The molecule has 1 aliphatic heterocycles. The number of fused-ring (bicyclic) bond motifs is 1. The number of nitrogens with two attached hydrogens (primary N) is 1. The number of morpholine rings is 1. The summed E-state index contributed by atoms with van der Waals surface area (Å²) in [4.78, 5) is 15.5. The molecule has 0 unspecified atom stereocenters. The van der Waals surface area contributed by atoms with E-state index in [0.29, 0.717) is 36.0 Å². The fourth-order valence-electron chi connectivity index (χ4n) is 2.50. The Hall–Kier alpha value is -2.67. The van der Waals surface area contributed by atoms with Crippen LogP contribution in [0.1, 0.15) is 0 Å². The summed E-state index contributed by atoms with van der Waals surface area (Å²) in [6.07, 6.45) is 1.40. The van der Waals surface area contributed by atoms with Gasteiger partial charge in [0, 0.05) is 24.3 Å². The van der Waals surface area contributed by atoms with Crippen molar-refractivity contribution in [1.29, 1.82) is 0 Å². The second-order valence-electron chi connectivity index (χ2n) is 5.10. The normalized spacial score (nSPS) is 15.4. The van der Waals surface area contributed by atoms with E-state index in [0.717, 1.165) is 24.5 Å². The molecule has 0 spiro atoms. The zero-order chi connectivity index (χ0) is 14.9. The maximum absolute atomic E-state index is 5.73. The van der Waals surface area contributed by atoms with Crippen molar-refractivity contribution >= 4 is 22.7 Å². The third kappa shape index (κ3) is 2.25. The second-order valence-corrected chi connectivity index (χ2v) is 5.10. The van der Waals surface area contributed by atoms with Crippen LogP contribution in [-0.4, -0.2) is 41.3 Å². The summed E-state index contributed by atoms with van der Waals surface area (Å²) < 4.78 is 10.8. The quantitative estimate of drug-likeness (QED) is 0.720. The number of anilines is 2. The van der Waals surface area contributed by atoms with Gasteiger partial charge in [-0.1, -0.05) is 0 Å². The molecule has 4 rings (SSSR count). The van der Waals surface area contributed by atoms with E-state index in [4.69, 9.17) is 19.9 Å². The Morgan fingerprint density at radius 3 is 2.59 bits per heavy atom. The van der Waals surface area contributed by atoms with Crippen LogP contribution in [-0.2, 0) is 4.74 Å². The Labute approximate surface area is 126 Å². The van der Waals surface area contributed by atoms with Crippen LogP contribution < -0.4 is 10.6 Å². The number of nitrogens with zero attached hydrogens (tertiary/aromatic N) is 4. The lowest BCUT2D eigenvalue weighted by molar-refractivity contribution is 0.122. The molecule has 0 atom stereocenters. The Morgan fingerprint density at radius 1 is 1.05 bits per heavy atom. The second kappa shape index (κ2) is 5.27. The third-order valence-electron chi connectivity index (χ3n) is 3.66. The van der Waals surface area contributed by atoms with E-state index in [1.807, 2.05) is 24.3 Å². The predicted molar refractivity (Wildman–Crippen MR) is 82.5 cm³/mol. The van der Waals surface area contributed by atoms with Gasteiger partial charge < -0.3 is 19.8 Å². The molecule has 0 radical (unpaired) electrons. The molecule has 1 saturated heterocycles. The molecule has 7 nitrogen and oxygen atoms in total. The SMILES string of the molecule is Nc1ccc(-c2nc(N3CCOCC3)c3ncoc3n2)cc1. The van der Waals surface area contributed by atoms with Crippen molar-refractivity contribution in [1.82, 2.24) is 15.0 Å². The maximum atomic E-state index is 5.73. The van der Waals surface area contributed by atoms with Crippen molar-refractivity contribution in [3.05, 3.63) is 30.7 Å². The molecular formula is C15H15N5O2. The third-order valence-corrected chi connectivity index (χ3v) is 3.66. The van der Waals surface area contributed by atoms with E-state index < -0.39 is 0 Å². The lowest BCUT2D eigenvalue weighted by atomic mass is 10.2. The van der Waals surface area contributed by atoms with Crippen molar-refractivity contribution in [3.63, 3.8) is 0 Å². The number of benzene rings is 1. The minimum atomic E-state index is 0.489. The topological polar surface area (TPSA) is 90.3 Å². The molecule has 2 aromatic heterocycles. The molecule has 112 valence electrons. The van der Waals surface area contributed by atoms with Gasteiger partial charge in [0.25, 0.3) is 5.71 Å². The molecule has 3 aromatic rings. The highest BCUT2D eigenvalue weighted by atomic mass is 16.5. The molecule has 22 heavy (non-hydrogen) atoms. The summed E-state index contributed by atoms with van der Waals surface area (Å²) in [6.45, 7) is 2.92. The van der Waals surface area contributed by atoms with Crippen LogP contribution in [0.2, 0.25) is 0 Å². The molecule has 1 fully saturated rings. The van der Waals surface area contributed by atoms with Crippen molar-refractivity contribution in [2.75, 3.05) is 36.9 Å². The van der Waals surface area contributed by atoms with Crippen LogP contribution in [0.4, 0.5) is 11.5 Å². The maximum Gasteiger partial charge on any atom is 0.252 e. The number of oxazole rings is 1. The molecule has 0 bridgehead atoms. The molecule has 0 saturated carbocycles. The van der Waals surface area contributed by atoms with E-state index in [-0.39, 0.29) is 0 Å². The molecular weight excluding hydrogens is 282 g/mol. The Bertz CT molecular complexity index is 793. The standard InChI is InChI=1S/C15H15N5O2/c16-11-3-1-10(2-4-11)13-18-14(20-5-7-21-8-6-20)12-15(19-13)22-9-17-12/h1-4,9H,5-8,16H2. The number of aromatic nitrogens is 3. The number of rotatable bonds is 2. The summed E-state index contributed by atoms with van der Waals surface area (Å²) in [6, 6.07) is 7.46. The summed E-state index contributed by atoms with van der Waals surface area (Å²) in [5, 5.41) is 0. The first-order valence-corrected chi connectivity index (χ1v) is 7.11. The van der Waals surface area contributed by atoms with Gasteiger partial charge in [-0.25, -0.2) is 9.97 Å². The highest BCUT2D eigenvalue weighted by Crippen LogP contribution is 2.27. The minimum Gasteiger partial charge on any atom is -0.425 e. The number of hydrogen-bond donors (Lipinski definition) is 1. The van der Waals surface area contributed by atoms with Crippen LogP contribution in [0.5, 0.6) is 0 Å². The zero-order valence-electron chi connectivity index (χ0n) is 11.9. The van der Waals surface area contributed by atoms with Crippen molar-refractivity contribution < 1.29 is 9.15 Å². The highest BCUT2D eigenvalue weighted by molar-refractivity contribution is 5.84. The Kier molecular flexibility index (Phi) is 3.12. The van der Waals surface area contributed by atoms with Crippen LogP contribution in [0.15, 0.2) is 35.1 Å². The van der Waals surface area contributed by atoms with E-state index in [1.165, 1.54) is 6.39 Å². The average Bonchev–Trinajstić information content (AvgIpc) is 3.04. The van der Waals surface area contributed by atoms with E-state index in [2.05, 4.69) is 14.9 Å². The summed E-state index contributed by atoms with van der Waals surface area (Å²) in [5.41, 5.74) is 8.50. The first kappa shape index (κ1) is 13.0. The first-order chi connectivity index (χ1) is 10.8. The van der Waals surface area contributed by atoms with E-state index >= 15 is 0 Å². The largest absolute Gasteiger partial charge is 0.425 e. The number of hydrogen-bond acceptors (Lipinski definition) is 7. The van der Waals surface area contributed by atoms with Crippen LogP contribution >= 0.6 is 0 Å². The van der Waals surface area contributed by atoms with Gasteiger partial charge in [0.2, 0.25) is 0 Å². The molecule has 1 aromatic carbocycles. The highest BCUT2D eigenvalue weighted by Gasteiger charge is 2.20. The average molecular weight is 297 g/mol. The summed E-state index contributed by atoms with van der Waals surface area (Å²) in [7, 11) is 0. The lowest BCUT2D eigenvalue weighted by Crippen LogP contribution is -2.37. The summed E-state index contributed by atoms with van der Waals surface area (Å²) in [5.74, 6) is 1.39. The summed E-state index contributed by atoms with van der Waals surface area (Å²) >= 11 is 0. The van der Waals surface area contributed by atoms with Crippen molar-refractivity contribution in [3.8, 4) is 11.4 Å². The van der Waals surface area contributed by atoms with Gasteiger partial charge in [-0.2, -0.15) is 4.98 Å².